The maximum Gasteiger partial charge on any atom is 0.495 e. The van der Waals surface area contributed by atoms with E-state index in [2.05, 4.69) is 0 Å². The van der Waals surface area contributed by atoms with Gasteiger partial charge in [0.15, 0.2) is 6.10 Å². The molecule has 0 radical (unpaired) electrons. The molecule has 1 aromatic carbocycles. The second kappa shape index (κ2) is 5.37. The molecule has 5 nitrogen and oxygen atoms in total. The molecule has 1 amide bonds. The number of aliphatic hydroxyl groups is 1. The van der Waals surface area contributed by atoms with Crippen molar-refractivity contribution in [2.45, 2.75) is 58.8 Å². The fourth-order valence-electron chi connectivity index (χ4n) is 2.66. The van der Waals surface area contributed by atoms with Crippen LogP contribution in [0.5, 0.6) is 0 Å². The van der Waals surface area contributed by atoms with Crippen molar-refractivity contribution < 1.29 is 19.2 Å². The molecule has 2 rings (SSSR count). The van der Waals surface area contributed by atoms with E-state index in [1.165, 1.54) is 0 Å². The lowest BCUT2D eigenvalue weighted by atomic mass is 9.72. The molecule has 1 atom stereocenters. The number of primary amides is 1. The standard InChI is InChI=1S/C16H24BNO4/c1-9-7-11(13(19)14(18)20)8-10(2)12(9)17-21-15(3,4)16(5,6)22-17/h7-8,13,19H,1-6H3,(H2,18,20). The highest BCUT2D eigenvalue weighted by Crippen LogP contribution is 2.37. The lowest BCUT2D eigenvalue weighted by Gasteiger charge is -2.32. The maximum absolute atomic E-state index is 11.2. The van der Waals surface area contributed by atoms with Crippen molar-refractivity contribution in [3.8, 4) is 0 Å². The van der Waals surface area contributed by atoms with Crippen LogP contribution in [0.2, 0.25) is 0 Å². The van der Waals surface area contributed by atoms with Crippen LogP contribution < -0.4 is 11.2 Å². The Morgan fingerprint density at radius 3 is 1.91 bits per heavy atom. The minimum absolute atomic E-state index is 0.415. The number of aryl methyl sites for hydroxylation is 2. The van der Waals surface area contributed by atoms with Gasteiger partial charge in [-0.15, -0.1) is 0 Å². The molecule has 1 fully saturated rings. The van der Waals surface area contributed by atoms with Crippen LogP contribution in [0, 0.1) is 13.8 Å². The first-order chi connectivity index (χ1) is 9.96. The highest BCUT2D eigenvalue weighted by molar-refractivity contribution is 6.63. The normalized spacial score (nSPS) is 21.0. The van der Waals surface area contributed by atoms with Crippen LogP contribution in [0.3, 0.4) is 0 Å². The number of amides is 1. The van der Waals surface area contributed by atoms with Crippen LogP contribution in [0.25, 0.3) is 0 Å². The summed E-state index contributed by atoms with van der Waals surface area (Å²) in [7, 11) is -0.468. The SMILES string of the molecule is Cc1cc(C(O)C(N)=O)cc(C)c1B1OC(C)(C)C(C)(C)O1. The van der Waals surface area contributed by atoms with E-state index >= 15 is 0 Å². The Bertz CT molecular complexity index is 573. The average Bonchev–Trinajstić information content (AvgIpc) is 2.55. The van der Waals surface area contributed by atoms with Gasteiger partial charge in [0.25, 0.3) is 5.91 Å². The van der Waals surface area contributed by atoms with Gasteiger partial charge in [-0.2, -0.15) is 0 Å². The molecule has 22 heavy (non-hydrogen) atoms. The summed E-state index contributed by atoms with van der Waals surface area (Å²) >= 11 is 0. The van der Waals surface area contributed by atoms with Crippen molar-refractivity contribution in [1.29, 1.82) is 0 Å². The Balaban J connectivity index is 2.41. The van der Waals surface area contributed by atoms with E-state index in [4.69, 9.17) is 15.0 Å². The number of rotatable bonds is 3. The smallest absolute Gasteiger partial charge is 0.399 e. The largest absolute Gasteiger partial charge is 0.495 e. The number of nitrogens with two attached hydrogens (primary N) is 1. The summed E-state index contributed by atoms with van der Waals surface area (Å²) in [5.74, 6) is -0.762. The van der Waals surface area contributed by atoms with E-state index < -0.39 is 30.3 Å². The summed E-state index contributed by atoms with van der Waals surface area (Å²) in [6.45, 7) is 11.8. The first-order valence-corrected chi connectivity index (χ1v) is 7.40. The van der Waals surface area contributed by atoms with Gasteiger partial charge in [0, 0.05) is 0 Å². The number of carbonyl (C=O) groups excluding carboxylic acids is 1. The third-order valence-corrected chi connectivity index (χ3v) is 4.69. The summed E-state index contributed by atoms with van der Waals surface area (Å²) in [6.07, 6.45) is -1.30. The molecule has 0 aromatic heterocycles. The molecule has 6 heteroatoms. The van der Waals surface area contributed by atoms with E-state index in [1.807, 2.05) is 41.5 Å². The molecule has 1 aliphatic heterocycles. The van der Waals surface area contributed by atoms with Crippen LogP contribution in [-0.2, 0) is 14.1 Å². The van der Waals surface area contributed by atoms with Gasteiger partial charge in [-0.05, 0) is 52.6 Å². The summed E-state index contributed by atoms with van der Waals surface area (Å²) in [5, 5.41) is 9.83. The minimum atomic E-state index is -1.30. The molecule has 1 aliphatic rings. The van der Waals surface area contributed by atoms with E-state index in [9.17, 15) is 9.90 Å². The highest BCUT2D eigenvalue weighted by Gasteiger charge is 2.52. The number of benzene rings is 1. The van der Waals surface area contributed by atoms with Crippen molar-refractivity contribution in [3.63, 3.8) is 0 Å². The Morgan fingerprint density at radius 1 is 1.14 bits per heavy atom. The van der Waals surface area contributed by atoms with Gasteiger partial charge in [-0.1, -0.05) is 23.3 Å². The van der Waals surface area contributed by atoms with Gasteiger partial charge in [-0.3, -0.25) is 4.79 Å². The number of aliphatic hydroxyl groups excluding tert-OH is 1. The predicted octanol–water partition coefficient (Wildman–Crippen LogP) is 1.12. The van der Waals surface area contributed by atoms with E-state index in [1.54, 1.807) is 12.1 Å². The number of carbonyl (C=O) groups is 1. The van der Waals surface area contributed by atoms with Crippen LogP contribution in [-0.4, -0.2) is 29.3 Å². The molecule has 0 spiro atoms. The third-order valence-electron chi connectivity index (χ3n) is 4.69. The quantitative estimate of drug-likeness (QED) is 0.820. The number of hydrogen-bond acceptors (Lipinski definition) is 4. The summed E-state index contributed by atoms with van der Waals surface area (Å²) in [6, 6.07) is 3.51. The van der Waals surface area contributed by atoms with Crippen LogP contribution in [0.1, 0.15) is 50.5 Å². The zero-order valence-corrected chi connectivity index (χ0v) is 14.1. The van der Waals surface area contributed by atoms with Crippen molar-refractivity contribution in [2.24, 2.45) is 5.73 Å². The molecular formula is C16H24BNO4. The second-order valence-electron chi connectivity index (χ2n) is 6.96. The summed E-state index contributed by atoms with van der Waals surface area (Å²) < 4.78 is 12.2. The molecule has 0 saturated carbocycles. The minimum Gasteiger partial charge on any atom is -0.399 e. The van der Waals surface area contributed by atoms with Crippen molar-refractivity contribution in [2.75, 3.05) is 0 Å². The predicted molar refractivity (Wildman–Crippen MR) is 85.8 cm³/mol. The van der Waals surface area contributed by atoms with Gasteiger partial charge in [0.2, 0.25) is 0 Å². The van der Waals surface area contributed by atoms with Crippen molar-refractivity contribution >= 4 is 18.5 Å². The van der Waals surface area contributed by atoms with Crippen molar-refractivity contribution in [3.05, 3.63) is 28.8 Å². The monoisotopic (exact) mass is 305 g/mol. The Hall–Kier alpha value is -1.37. The Morgan fingerprint density at radius 2 is 1.55 bits per heavy atom. The van der Waals surface area contributed by atoms with Gasteiger partial charge in [-0.25, -0.2) is 0 Å². The topological polar surface area (TPSA) is 81.8 Å². The molecule has 1 aromatic rings. The van der Waals surface area contributed by atoms with E-state index in [0.29, 0.717) is 5.56 Å². The highest BCUT2D eigenvalue weighted by atomic mass is 16.7. The maximum atomic E-state index is 11.2. The van der Waals surface area contributed by atoms with Crippen LogP contribution in [0.15, 0.2) is 12.1 Å². The average molecular weight is 305 g/mol. The van der Waals surface area contributed by atoms with Crippen LogP contribution >= 0.6 is 0 Å². The lowest BCUT2D eigenvalue weighted by molar-refractivity contribution is -0.126. The molecule has 0 aliphatic carbocycles. The third kappa shape index (κ3) is 2.78. The summed E-state index contributed by atoms with van der Waals surface area (Å²) in [5.41, 5.74) is 7.54. The molecule has 1 unspecified atom stereocenters. The Kier molecular flexibility index (Phi) is 4.15. The van der Waals surface area contributed by atoms with E-state index in [0.717, 1.165) is 16.6 Å². The first-order valence-electron chi connectivity index (χ1n) is 7.40. The van der Waals surface area contributed by atoms with Crippen molar-refractivity contribution in [1.82, 2.24) is 0 Å². The van der Waals surface area contributed by atoms with Crippen LogP contribution in [0.4, 0.5) is 0 Å². The van der Waals surface area contributed by atoms with E-state index in [-0.39, 0.29) is 0 Å². The summed E-state index contributed by atoms with van der Waals surface area (Å²) in [4.78, 5) is 11.2. The molecule has 1 saturated heterocycles. The van der Waals surface area contributed by atoms with Gasteiger partial charge in [0.1, 0.15) is 0 Å². The number of hydrogen-bond donors (Lipinski definition) is 2. The molecule has 0 bridgehead atoms. The fraction of sp³-hybridized carbons (Fsp3) is 0.562. The fourth-order valence-corrected chi connectivity index (χ4v) is 2.66. The lowest BCUT2D eigenvalue weighted by Crippen LogP contribution is -2.41. The zero-order chi connectivity index (χ0) is 16.9. The van der Waals surface area contributed by atoms with Gasteiger partial charge < -0.3 is 20.1 Å². The first kappa shape index (κ1) is 17.0. The zero-order valence-electron chi connectivity index (χ0n) is 14.1. The Labute approximate surface area is 131 Å². The van der Waals surface area contributed by atoms with Gasteiger partial charge in [0.05, 0.1) is 11.2 Å². The van der Waals surface area contributed by atoms with Gasteiger partial charge >= 0.3 is 7.12 Å². The second-order valence-corrected chi connectivity index (χ2v) is 6.96. The molecular weight excluding hydrogens is 281 g/mol. The molecule has 120 valence electrons. The molecule has 1 heterocycles. The molecule has 3 N–H and O–H groups in total.